The standard InChI is InChI=1S/C22H20N6O2S2/c29-22(28-8-14-7-13(28)9-30-14)11-1-3-15-17(5-11)31-21-19(15)20(23-10-24-21)25-12-2-4-16-18(6-12)32-27-26-16/h2,4,6,10-11,13-14H,1,3,5,7-9H2,(H,23,24,25)/t11-,13-,14-/m0/s1. The van der Waals surface area contributed by atoms with Gasteiger partial charge in [-0.3, -0.25) is 4.79 Å². The van der Waals surface area contributed by atoms with E-state index in [2.05, 4.69) is 35.8 Å². The number of aryl methyl sites for hydroxylation is 1. The van der Waals surface area contributed by atoms with E-state index in [4.69, 9.17) is 4.74 Å². The zero-order valence-corrected chi connectivity index (χ0v) is 18.8. The first kappa shape index (κ1) is 18.8. The number of hydrogen-bond acceptors (Lipinski definition) is 9. The second kappa shape index (κ2) is 7.16. The molecule has 162 valence electrons. The van der Waals surface area contributed by atoms with Gasteiger partial charge < -0.3 is 15.0 Å². The van der Waals surface area contributed by atoms with Crippen LogP contribution in [0.3, 0.4) is 0 Å². The number of benzene rings is 1. The number of carbonyl (C=O) groups excluding carboxylic acids is 1. The largest absolute Gasteiger partial charge is 0.374 e. The van der Waals surface area contributed by atoms with E-state index >= 15 is 0 Å². The maximum absolute atomic E-state index is 13.2. The maximum atomic E-state index is 13.2. The normalized spacial score (nSPS) is 24.4. The van der Waals surface area contributed by atoms with Crippen LogP contribution in [0.5, 0.6) is 0 Å². The van der Waals surface area contributed by atoms with Crippen molar-refractivity contribution in [2.75, 3.05) is 18.5 Å². The van der Waals surface area contributed by atoms with Gasteiger partial charge in [-0.1, -0.05) is 4.49 Å². The minimum absolute atomic E-state index is 0.0560. The molecule has 2 fully saturated rings. The molecule has 1 amide bonds. The van der Waals surface area contributed by atoms with Gasteiger partial charge in [0.15, 0.2) is 0 Å². The first-order chi connectivity index (χ1) is 15.7. The summed E-state index contributed by atoms with van der Waals surface area (Å²) in [6.45, 7) is 1.46. The highest BCUT2D eigenvalue weighted by molar-refractivity contribution is 7.19. The molecule has 2 saturated heterocycles. The predicted molar refractivity (Wildman–Crippen MR) is 123 cm³/mol. The average molecular weight is 465 g/mol. The quantitative estimate of drug-likeness (QED) is 0.496. The summed E-state index contributed by atoms with van der Waals surface area (Å²) in [5, 5.41) is 8.68. The van der Waals surface area contributed by atoms with Gasteiger partial charge in [0.1, 0.15) is 22.5 Å². The SMILES string of the molecule is O=C([C@H]1CCc2c(sc3ncnc(Nc4ccc5nnsc5c4)c23)C1)N1C[C@@H]2C[C@H]1CO2. The number of hydrogen-bond donors (Lipinski definition) is 1. The highest BCUT2D eigenvalue weighted by atomic mass is 32.1. The molecule has 3 aliphatic rings. The minimum atomic E-state index is 0.0560. The van der Waals surface area contributed by atoms with Gasteiger partial charge in [-0.15, -0.1) is 16.4 Å². The molecule has 1 N–H and O–H groups in total. The fourth-order valence-electron chi connectivity index (χ4n) is 5.31. The molecular formula is C22H20N6O2S2. The molecule has 32 heavy (non-hydrogen) atoms. The van der Waals surface area contributed by atoms with Crippen molar-refractivity contribution in [2.45, 2.75) is 37.8 Å². The Bertz CT molecular complexity index is 1370. The molecular weight excluding hydrogens is 444 g/mol. The molecule has 5 heterocycles. The van der Waals surface area contributed by atoms with Gasteiger partial charge in [0, 0.05) is 23.0 Å². The van der Waals surface area contributed by atoms with E-state index < -0.39 is 0 Å². The smallest absolute Gasteiger partial charge is 0.226 e. The Hall–Kier alpha value is -2.69. The lowest BCUT2D eigenvalue weighted by Gasteiger charge is -2.32. The van der Waals surface area contributed by atoms with Crippen molar-refractivity contribution in [3.8, 4) is 0 Å². The third kappa shape index (κ3) is 2.93. The Kier molecular flexibility index (Phi) is 4.21. The van der Waals surface area contributed by atoms with Crippen molar-refractivity contribution in [1.29, 1.82) is 0 Å². The lowest BCUT2D eigenvalue weighted by Crippen LogP contribution is -2.45. The molecule has 4 aromatic rings. The summed E-state index contributed by atoms with van der Waals surface area (Å²) in [6.07, 6.45) is 5.41. The monoisotopic (exact) mass is 464 g/mol. The van der Waals surface area contributed by atoms with Gasteiger partial charge in [-0.25, -0.2) is 9.97 Å². The van der Waals surface area contributed by atoms with Gasteiger partial charge >= 0.3 is 0 Å². The second-order valence-corrected chi connectivity index (χ2v) is 10.6. The first-order valence-electron chi connectivity index (χ1n) is 10.9. The van der Waals surface area contributed by atoms with Crippen LogP contribution in [0.1, 0.15) is 23.3 Å². The van der Waals surface area contributed by atoms with Gasteiger partial charge in [-0.2, -0.15) is 0 Å². The summed E-state index contributed by atoms with van der Waals surface area (Å²) in [5.41, 5.74) is 3.15. The molecule has 10 heteroatoms. The Morgan fingerprint density at radius 2 is 2.25 bits per heavy atom. The summed E-state index contributed by atoms with van der Waals surface area (Å²) in [4.78, 5) is 26.7. The van der Waals surface area contributed by atoms with E-state index in [-0.39, 0.29) is 18.1 Å². The highest BCUT2D eigenvalue weighted by Gasteiger charge is 2.43. The number of ether oxygens (including phenoxy) is 1. The van der Waals surface area contributed by atoms with Crippen molar-refractivity contribution in [3.63, 3.8) is 0 Å². The lowest BCUT2D eigenvalue weighted by molar-refractivity contribution is -0.140. The number of nitrogens with one attached hydrogen (secondary N) is 1. The Morgan fingerprint density at radius 1 is 1.28 bits per heavy atom. The molecule has 0 spiro atoms. The molecule has 0 radical (unpaired) electrons. The van der Waals surface area contributed by atoms with Crippen LogP contribution in [0.2, 0.25) is 0 Å². The summed E-state index contributed by atoms with van der Waals surface area (Å²) in [6, 6.07) is 6.30. The van der Waals surface area contributed by atoms with Gasteiger partial charge in [0.05, 0.1) is 28.8 Å². The van der Waals surface area contributed by atoms with E-state index in [0.29, 0.717) is 12.5 Å². The van der Waals surface area contributed by atoms with Crippen LogP contribution < -0.4 is 5.32 Å². The number of fused-ring (bicyclic) bond motifs is 6. The Labute approximate surface area is 191 Å². The fraction of sp³-hybridized carbons (Fsp3) is 0.409. The van der Waals surface area contributed by atoms with Crippen molar-refractivity contribution in [3.05, 3.63) is 35.0 Å². The number of aromatic nitrogens is 4. The van der Waals surface area contributed by atoms with E-state index in [1.165, 1.54) is 22.0 Å². The number of anilines is 2. The lowest BCUT2D eigenvalue weighted by atomic mass is 9.86. The van der Waals surface area contributed by atoms with Crippen LogP contribution in [0.4, 0.5) is 11.5 Å². The van der Waals surface area contributed by atoms with Crippen molar-refractivity contribution < 1.29 is 9.53 Å². The Morgan fingerprint density at radius 3 is 3.12 bits per heavy atom. The number of nitrogens with zero attached hydrogens (tertiary/aromatic N) is 5. The minimum Gasteiger partial charge on any atom is -0.374 e. The average Bonchev–Trinajstić information content (AvgIpc) is 3.60. The predicted octanol–water partition coefficient (Wildman–Crippen LogP) is 3.54. The number of morpholine rings is 1. The number of amides is 1. The second-order valence-electron chi connectivity index (χ2n) is 8.76. The maximum Gasteiger partial charge on any atom is 0.226 e. The summed E-state index contributed by atoms with van der Waals surface area (Å²) in [7, 11) is 0. The molecule has 1 aromatic carbocycles. The number of likely N-dealkylation sites (tertiary alicyclic amines) is 1. The van der Waals surface area contributed by atoms with Crippen molar-refractivity contribution in [2.24, 2.45) is 5.92 Å². The van der Waals surface area contributed by atoms with Gasteiger partial charge in [-0.05, 0) is 61.0 Å². The summed E-state index contributed by atoms with van der Waals surface area (Å²) >= 11 is 3.09. The van der Waals surface area contributed by atoms with E-state index in [1.54, 1.807) is 17.7 Å². The van der Waals surface area contributed by atoms with Crippen molar-refractivity contribution >= 4 is 60.7 Å². The number of carbonyl (C=O) groups is 1. The summed E-state index contributed by atoms with van der Waals surface area (Å²) in [5.74, 6) is 1.18. The molecule has 3 aromatic heterocycles. The van der Waals surface area contributed by atoms with Crippen LogP contribution in [0, 0.1) is 5.92 Å². The molecule has 0 saturated carbocycles. The van der Waals surface area contributed by atoms with Crippen molar-refractivity contribution in [1.82, 2.24) is 24.5 Å². The third-order valence-electron chi connectivity index (χ3n) is 6.89. The summed E-state index contributed by atoms with van der Waals surface area (Å²) < 4.78 is 10.7. The highest BCUT2D eigenvalue weighted by Crippen LogP contribution is 2.41. The molecule has 0 unspecified atom stereocenters. The Balaban J connectivity index is 1.18. The fourth-order valence-corrected chi connectivity index (χ4v) is 7.18. The van der Waals surface area contributed by atoms with Gasteiger partial charge in [0.2, 0.25) is 5.91 Å². The van der Waals surface area contributed by atoms with E-state index in [0.717, 1.165) is 64.2 Å². The molecule has 2 bridgehead atoms. The van der Waals surface area contributed by atoms with Crippen LogP contribution in [0.25, 0.3) is 20.4 Å². The number of thiophene rings is 1. The molecule has 1 aliphatic carbocycles. The van der Waals surface area contributed by atoms with E-state index in [9.17, 15) is 4.79 Å². The van der Waals surface area contributed by atoms with Crippen LogP contribution in [-0.4, -0.2) is 55.7 Å². The number of rotatable bonds is 3. The molecule has 8 nitrogen and oxygen atoms in total. The van der Waals surface area contributed by atoms with Crippen LogP contribution in [-0.2, 0) is 22.4 Å². The van der Waals surface area contributed by atoms with Crippen LogP contribution >= 0.6 is 22.9 Å². The third-order valence-corrected chi connectivity index (χ3v) is 8.74. The zero-order valence-electron chi connectivity index (χ0n) is 17.2. The molecule has 7 rings (SSSR count). The van der Waals surface area contributed by atoms with Gasteiger partial charge in [0.25, 0.3) is 0 Å². The van der Waals surface area contributed by atoms with Crippen LogP contribution in [0.15, 0.2) is 24.5 Å². The van der Waals surface area contributed by atoms with E-state index in [1.807, 2.05) is 12.1 Å². The zero-order chi connectivity index (χ0) is 21.2. The topological polar surface area (TPSA) is 93.1 Å². The first-order valence-corrected chi connectivity index (χ1v) is 12.5. The molecule has 3 atom stereocenters. The molecule has 2 aliphatic heterocycles.